The topological polar surface area (TPSA) is 116 Å². The van der Waals surface area contributed by atoms with Gasteiger partial charge in [0.2, 0.25) is 11.8 Å². The van der Waals surface area contributed by atoms with Gasteiger partial charge in [-0.15, -0.1) is 0 Å². The summed E-state index contributed by atoms with van der Waals surface area (Å²) in [7, 11) is 0. The first-order valence-electron chi connectivity index (χ1n) is 11.1. The van der Waals surface area contributed by atoms with Gasteiger partial charge in [-0.3, -0.25) is 4.79 Å². The summed E-state index contributed by atoms with van der Waals surface area (Å²) in [6, 6.07) is 2.44. The molecule has 1 amide bonds. The molecule has 1 unspecified atom stereocenters. The minimum Gasteiger partial charge on any atom is -0.437 e. The first-order valence-corrected chi connectivity index (χ1v) is 11.1. The Morgan fingerprint density at radius 1 is 1.31 bits per heavy atom. The lowest BCUT2D eigenvalue weighted by molar-refractivity contribution is -0.125. The van der Waals surface area contributed by atoms with E-state index in [0.29, 0.717) is 48.9 Å². The Hall–Kier alpha value is -4.33. The van der Waals surface area contributed by atoms with Gasteiger partial charge in [0.1, 0.15) is 29.2 Å². The van der Waals surface area contributed by atoms with Crippen LogP contribution < -0.4 is 5.73 Å². The molecule has 1 aliphatic carbocycles. The Morgan fingerprint density at radius 3 is 2.91 bits per heavy atom. The maximum absolute atomic E-state index is 14.7. The van der Waals surface area contributed by atoms with Gasteiger partial charge in [-0.25, -0.2) is 28.4 Å². The number of halogens is 2. The predicted octanol–water partition coefficient (Wildman–Crippen LogP) is 3.01. The van der Waals surface area contributed by atoms with E-state index in [9.17, 15) is 13.6 Å². The standard InChI is InChI=1S/C24H19F2N7O2/c1-2-19(34)32-8-5-14(11-32)33-22-20(21(27)28-12-29-22)16(31-33)4-3-13-9-17-18(10-15(13)25)35-23(30-17)24(26)6-7-24/h2,9-10,12,14H,1,5-8,11H2,(H2,27,28,29). The van der Waals surface area contributed by atoms with Crippen molar-refractivity contribution in [3.8, 4) is 11.8 Å². The number of anilines is 1. The number of amides is 1. The number of rotatable bonds is 3. The molecule has 11 heteroatoms. The summed E-state index contributed by atoms with van der Waals surface area (Å²) in [5.41, 5.74) is 5.86. The van der Waals surface area contributed by atoms with Crippen LogP contribution in [0.1, 0.15) is 42.5 Å². The van der Waals surface area contributed by atoms with Crippen LogP contribution in [-0.2, 0) is 10.5 Å². The SMILES string of the molecule is C=CC(=O)N1CCC(n2nc(C#Cc3cc4nc(C5(F)CC5)oc4cc3F)c3c(N)ncnc32)C1. The molecule has 3 aromatic heterocycles. The van der Waals surface area contributed by atoms with Crippen molar-refractivity contribution in [3.05, 3.63) is 54.1 Å². The molecule has 1 atom stereocenters. The van der Waals surface area contributed by atoms with Crippen molar-refractivity contribution >= 4 is 33.9 Å². The van der Waals surface area contributed by atoms with E-state index in [-0.39, 0.29) is 40.5 Å². The second kappa shape index (κ2) is 7.59. The van der Waals surface area contributed by atoms with Crippen molar-refractivity contribution in [2.24, 2.45) is 0 Å². The second-order valence-electron chi connectivity index (χ2n) is 8.72. The Labute approximate surface area is 197 Å². The molecule has 1 saturated heterocycles. The number of benzene rings is 1. The van der Waals surface area contributed by atoms with E-state index in [1.165, 1.54) is 18.5 Å². The van der Waals surface area contributed by atoms with Crippen LogP contribution in [0.15, 0.2) is 35.5 Å². The van der Waals surface area contributed by atoms with E-state index in [1.807, 2.05) is 0 Å². The number of aromatic nitrogens is 5. The van der Waals surface area contributed by atoms with E-state index in [2.05, 4.69) is 38.5 Å². The highest BCUT2D eigenvalue weighted by molar-refractivity contribution is 5.91. The van der Waals surface area contributed by atoms with Crippen LogP contribution in [0.4, 0.5) is 14.6 Å². The van der Waals surface area contributed by atoms with Crippen molar-refractivity contribution in [2.75, 3.05) is 18.8 Å². The summed E-state index contributed by atoms with van der Waals surface area (Å²) in [4.78, 5) is 26.2. The van der Waals surface area contributed by atoms with E-state index in [1.54, 1.807) is 9.58 Å². The molecule has 2 fully saturated rings. The van der Waals surface area contributed by atoms with Gasteiger partial charge in [-0.1, -0.05) is 12.5 Å². The normalized spacial score (nSPS) is 18.6. The summed E-state index contributed by atoms with van der Waals surface area (Å²) in [6.45, 7) is 4.53. The molecule has 9 nitrogen and oxygen atoms in total. The number of oxazole rings is 1. The van der Waals surface area contributed by atoms with Crippen LogP contribution in [0, 0.1) is 17.7 Å². The van der Waals surface area contributed by atoms with Crippen LogP contribution >= 0.6 is 0 Å². The highest BCUT2D eigenvalue weighted by atomic mass is 19.1. The number of nitrogen functional groups attached to an aromatic ring is 1. The molecule has 4 heterocycles. The average Bonchev–Trinajstić information content (AvgIpc) is 3.22. The quantitative estimate of drug-likeness (QED) is 0.358. The first-order chi connectivity index (χ1) is 16.9. The Balaban J connectivity index is 1.39. The van der Waals surface area contributed by atoms with Gasteiger partial charge < -0.3 is 15.1 Å². The van der Waals surface area contributed by atoms with Gasteiger partial charge in [0, 0.05) is 19.2 Å². The maximum Gasteiger partial charge on any atom is 0.246 e. The molecule has 35 heavy (non-hydrogen) atoms. The van der Waals surface area contributed by atoms with Crippen LogP contribution in [0.2, 0.25) is 0 Å². The van der Waals surface area contributed by atoms with Crippen molar-refractivity contribution in [2.45, 2.75) is 31.0 Å². The molecule has 1 aromatic carbocycles. The van der Waals surface area contributed by atoms with Crippen LogP contribution in [-0.4, -0.2) is 48.6 Å². The number of alkyl halides is 1. The Morgan fingerprint density at radius 2 is 2.14 bits per heavy atom. The molecule has 1 saturated carbocycles. The molecule has 6 rings (SSSR count). The zero-order valence-electron chi connectivity index (χ0n) is 18.5. The van der Waals surface area contributed by atoms with Crippen LogP contribution in [0.3, 0.4) is 0 Å². The Kier molecular flexibility index (Phi) is 4.60. The van der Waals surface area contributed by atoms with Gasteiger partial charge >= 0.3 is 0 Å². The van der Waals surface area contributed by atoms with E-state index in [0.717, 1.165) is 6.07 Å². The zero-order valence-corrected chi connectivity index (χ0v) is 18.5. The number of likely N-dealkylation sites (tertiary alicyclic amines) is 1. The monoisotopic (exact) mass is 475 g/mol. The fourth-order valence-corrected chi connectivity index (χ4v) is 4.29. The van der Waals surface area contributed by atoms with Crippen LogP contribution in [0.25, 0.3) is 22.1 Å². The minimum absolute atomic E-state index is 0.0350. The molecule has 0 radical (unpaired) electrons. The number of fused-ring (bicyclic) bond motifs is 2. The number of nitrogens with zero attached hydrogens (tertiary/aromatic N) is 6. The molecular formula is C24H19F2N7O2. The van der Waals surface area contributed by atoms with Gasteiger partial charge in [-0.05, 0) is 37.3 Å². The van der Waals surface area contributed by atoms with E-state index < -0.39 is 11.5 Å². The summed E-state index contributed by atoms with van der Waals surface area (Å²) in [5, 5.41) is 5.04. The van der Waals surface area contributed by atoms with Gasteiger partial charge in [0.05, 0.1) is 17.0 Å². The molecule has 4 aromatic rings. The number of carbonyl (C=O) groups is 1. The molecular weight excluding hydrogens is 456 g/mol. The van der Waals surface area contributed by atoms with E-state index in [4.69, 9.17) is 10.2 Å². The summed E-state index contributed by atoms with van der Waals surface area (Å²) < 4.78 is 36.1. The number of carbonyl (C=O) groups excluding carboxylic acids is 1. The smallest absolute Gasteiger partial charge is 0.246 e. The molecule has 0 bridgehead atoms. The summed E-state index contributed by atoms with van der Waals surface area (Å²) in [5.74, 6) is 5.04. The third kappa shape index (κ3) is 3.49. The lowest BCUT2D eigenvalue weighted by atomic mass is 10.2. The maximum atomic E-state index is 14.7. The number of hydrogen-bond acceptors (Lipinski definition) is 7. The highest BCUT2D eigenvalue weighted by Gasteiger charge is 2.49. The number of nitrogens with two attached hydrogens (primary N) is 1. The van der Waals surface area contributed by atoms with Gasteiger partial charge in [-0.2, -0.15) is 5.10 Å². The molecule has 2 N–H and O–H groups in total. The predicted molar refractivity (Wildman–Crippen MR) is 122 cm³/mol. The fourth-order valence-electron chi connectivity index (χ4n) is 4.29. The minimum atomic E-state index is -1.56. The van der Waals surface area contributed by atoms with Gasteiger partial charge in [0.25, 0.3) is 0 Å². The molecule has 0 spiro atoms. The third-order valence-corrected chi connectivity index (χ3v) is 6.38. The number of hydrogen-bond donors (Lipinski definition) is 1. The molecule has 2 aliphatic rings. The molecule has 176 valence electrons. The zero-order chi connectivity index (χ0) is 24.3. The van der Waals surface area contributed by atoms with Crippen molar-refractivity contribution in [1.29, 1.82) is 0 Å². The lowest BCUT2D eigenvalue weighted by Crippen LogP contribution is -2.27. The van der Waals surface area contributed by atoms with Crippen molar-refractivity contribution in [3.63, 3.8) is 0 Å². The molecule has 1 aliphatic heterocycles. The fraction of sp³-hybridized carbons (Fsp3) is 0.292. The summed E-state index contributed by atoms with van der Waals surface area (Å²) in [6.07, 6.45) is 3.97. The van der Waals surface area contributed by atoms with Crippen LogP contribution in [0.5, 0.6) is 0 Å². The van der Waals surface area contributed by atoms with Crippen molar-refractivity contribution in [1.82, 2.24) is 29.6 Å². The Bertz CT molecular complexity index is 1590. The second-order valence-corrected chi connectivity index (χ2v) is 8.72. The summed E-state index contributed by atoms with van der Waals surface area (Å²) >= 11 is 0. The van der Waals surface area contributed by atoms with Crippen molar-refractivity contribution < 1.29 is 18.0 Å². The average molecular weight is 475 g/mol. The largest absolute Gasteiger partial charge is 0.437 e. The first kappa shape index (κ1) is 21.2. The third-order valence-electron chi connectivity index (χ3n) is 6.38. The lowest BCUT2D eigenvalue weighted by Gasteiger charge is -2.14. The highest BCUT2D eigenvalue weighted by Crippen LogP contribution is 2.49. The van der Waals surface area contributed by atoms with E-state index >= 15 is 0 Å². The van der Waals surface area contributed by atoms with Gasteiger partial charge in [0.15, 0.2) is 16.9 Å².